The Bertz CT molecular complexity index is 874. The van der Waals surface area contributed by atoms with Crippen molar-refractivity contribution < 1.29 is 13.2 Å². The monoisotopic (exact) mass is 400 g/mol. The second-order valence-corrected chi connectivity index (χ2v) is 9.22. The third kappa shape index (κ3) is 5.66. The zero-order valence-corrected chi connectivity index (χ0v) is 17.0. The molecular formula is C22H28N2O3S. The van der Waals surface area contributed by atoms with Gasteiger partial charge in [0.25, 0.3) is 0 Å². The van der Waals surface area contributed by atoms with E-state index < -0.39 is 16.1 Å². The van der Waals surface area contributed by atoms with Gasteiger partial charge in [-0.15, -0.1) is 0 Å². The molecule has 1 fully saturated rings. The summed E-state index contributed by atoms with van der Waals surface area (Å²) in [5.74, 6) is -0.118. The minimum Gasteiger partial charge on any atom is -0.353 e. The average Bonchev–Trinajstić information content (AvgIpc) is 2.69. The molecule has 2 N–H and O–H groups in total. The lowest BCUT2D eigenvalue weighted by molar-refractivity contribution is -0.122. The van der Waals surface area contributed by atoms with E-state index in [1.807, 2.05) is 37.3 Å². The maximum atomic E-state index is 12.9. The number of carbonyl (C=O) groups excluding carboxylic acids is 1. The highest BCUT2D eigenvalue weighted by molar-refractivity contribution is 7.89. The van der Waals surface area contributed by atoms with Crippen molar-refractivity contribution in [2.24, 2.45) is 0 Å². The Labute approximate surface area is 167 Å². The topological polar surface area (TPSA) is 75.3 Å². The predicted molar refractivity (Wildman–Crippen MR) is 110 cm³/mol. The molecule has 1 saturated carbocycles. The van der Waals surface area contributed by atoms with Crippen molar-refractivity contribution in [2.75, 3.05) is 0 Å². The lowest BCUT2D eigenvalue weighted by Crippen LogP contribution is -2.39. The Morgan fingerprint density at radius 3 is 2.29 bits per heavy atom. The van der Waals surface area contributed by atoms with Crippen molar-refractivity contribution in [1.29, 1.82) is 0 Å². The number of rotatable bonds is 7. The van der Waals surface area contributed by atoms with E-state index >= 15 is 0 Å². The fraction of sp³-hybridized carbons (Fsp3) is 0.409. The maximum absolute atomic E-state index is 12.9. The van der Waals surface area contributed by atoms with E-state index in [9.17, 15) is 13.2 Å². The second kappa shape index (κ2) is 9.34. The van der Waals surface area contributed by atoms with E-state index in [1.165, 1.54) is 6.42 Å². The number of sulfonamides is 1. The van der Waals surface area contributed by atoms with Crippen LogP contribution in [-0.2, 0) is 14.8 Å². The third-order valence-corrected chi connectivity index (χ3v) is 6.68. The summed E-state index contributed by atoms with van der Waals surface area (Å²) in [7, 11) is -3.73. The number of hydrogen-bond donors (Lipinski definition) is 2. The first kappa shape index (κ1) is 20.6. The average molecular weight is 401 g/mol. The molecular weight excluding hydrogens is 372 g/mol. The van der Waals surface area contributed by atoms with Gasteiger partial charge in [-0.2, -0.15) is 0 Å². The largest absolute Gasteiger partial charge is 0.353 e. The summed E-state index contributed by atoms with van der Waals surface area (Å²) in [6.07, 6.45) is 5.55. The van der Waals surface area contributed by atoms with Gasteiger partial charge < -0.3 is 5.32 Å². The number of aryl methyl sites for hydroxylation is 1. The summed E-state index contributed by atoms with van der Waals surface area (Å²) in [5, 5.41) is 3.08. The number of hydrogen-bond acceptors (Lipinski definition) is 3. The predicted octanol–water partition coefficient (Wildman–Crippen LogP) is 3.85. The molecule has 3 rings (SSSR count). The third-order valence-electron chi connectivity index (χ3n) is 5.19. The van der Waals surface area contributed by atoms with Crippen molar-refractivity contribution in [1.82, 2.24) is 10.0 Å². The highest BCUT2D eigenvalue weighted by atomic mass is 32.2. The van der Waals surface area contributed by atoms with Crippen LogP contribution >= 0.6 is 0 Å². The van der Waals surface area contributed by atoms with Gasteiger partial charge in [0, 0.05) is 12.5 Å². The maximum Gasteiger partial charge on any atom is 0.241 e. The minimum absolute atomic E-state index is 0.0750. The minimum atomic E-state index is -3.73. The highest BCUT2D eigenvalue weighted by Crippen LogP contribution is 2.22. The molecule has 0 radical (unpaired) electrons. The second-order valence-electron chi connectivity index (χ2n) is 7.50. The molecule has 2 aromatic rings. The molecule has 0 spiro atoms. The van der Waals surface area contributed by atoms with E-state index in [0.29, 0.717) is 0 Å². The van der Waals surface area contributed by atoms with Crippen LogP contribution < -0.4 is 10.0 Å². The van der Waals surface area contributed by atoms with Crippen molar-refractivity contribution in [2.45, 2.75) is 62.4 Å². The molecule has 0 aliphatic heterocycles. The lowest BCUT2D eigenvalue weighted by Gasteiger charge is -2.24. The number of amides is 1. The first-order valence-corrected chi connectivity index (χ1v) is 11.4. The number of benzene rings is 2. The summed E-state index contributed by atoms with van der Waals surface area (Å²) in [6.45, 7) is 1.91. The lowest BCUT2D eigenvalue weighted by atomic mass is 9.95. The normalized spacial score (nSPS) is 16.5. The molecule has 0 unspecified atom stereocenters. The van der Waals surface area contributed by atoms with Gasteiger partial charge in [0.05, 0.1) is 10.9 Å². The first-order valence-electron chi connectivity index (χ1n) is 9.87. The summed E-state index contributed by atoms with van der Waals surface area (Å²) in [4.78, 5) is 12.8. The molecule has 1 aliphatic carbocycles. The smallest absolute Gasteiger partial charge is 0.241 e. The van der Waals surface area contributed by atoms with E-state index in [1.54, 1.807) is 24.3 Å². The zero-order valence-electron chi connectivity index (χ0n) is 16.2. The Hall–Kier alpha value is -2.18. The first-order chi connectivity index (χ1) is 13.4. The van der Waals surface area contributed by atoms with Gasteiger partial charge >= 0.3 is 0 Å². The van der Waals surface area contributed by atoms with E-state index in [4.69, 9.17) is 0 Å². The van der Waals surface area contributed by atoms with Gasteiger partial charge in [0.1, 0.15) is 0 Å². The molecule has 150 valence electrons. The van der Waals surface area contributed by atoms with E-state index in [2.05, 4.69) is 10.0 Å². The fourth-order valence-electron chi connectivity index (χ4n) is 3.60. The van der Waals surface area contributed by atoms with E-state index in [-0.39, 0.29) is 23.3 Å². The summed E-state index contributed by atoms with van der Waals surface area (Å²) in [6, 6.07) is 15.5. The summed E-state index contributed by atoms with van der Waals surface area (Å²) in [5.41, 5.74) is 1.77. The van der Waals surface area contributed by atoms with Crippen LogP contribution in [0.4, 0.5) is 0 Å². The highest BCUT2D eigenvalue weighted by Gasteiger charge is 2.25. The van der Waals surface area contributed by atoms with Crippen molar-refractivity contribution in [3.8, 4) is 0 Å². The molecule has 28 heavy (non-hydrogen) atoms. The summed E-state index contributed by atoms with van der Waals surface area (Å²) >= 11 is 0. The van der Waals surface area contributed by atoms with Crippen LogP contribution in [0.1, 0.15) is 55.7 Å². The molecule has 0 aromatic heterocycles. The van der Waals surface area contributed by atoms with E-state index in [0.717, 1.165) is 36.8 Å². The molecule has 0 heterocycles. The number of carbonyl (C=O) groups is 1. The van der Waals surface area contributed by atoms with Crippen molar-refractivity contribution >= 4 is 15.9 Å². The fourth-order valence-corrected chi connectivity index (χ4v) is 4.83. The van der Waals surface area contributed by atoms with Crippen molar-refractivity contribution in [3.63, 3.8) is 0 Å². The quantitative estimate of drug-likeness (QED) is 0.741. The van der Waals surface area contributed by atoms with Crippen molar-refractivity contribution in [3.05, 3.63) is 65.7 Å². The van der Waals surface area contributed by atoms with Crippen LogP contribution in [0.3, 0.4) is 0 Å². The Kier molecular flexibility index (Phi) is 6.86. The Morgan fingerprint density at radius 2 is 1.64 bits per heavy atom. The van der Waals surface area contributed by atoms with Crippen LogP contribution in [0.5, 0.6) is 0 Å². The molecule has 5 nitrogen and oxygen atoms in total. The summed E-state index contributed by atoms with van der Waals surface area (Å²) < 4.78 is 28.4. The Morgan fingerprint density at radius 1 is 1.00 bits per heavy atom. The van der Waals surface area contributed by atoms with Crippen LogP contribution in [0.2, 0.25) is 0 Å². The zero-order chi connectivity index (χ0) is 20.0. The SMILES string of the molecule is Cc1ccc(S(=O)(=O)N[C@@H](CC(=O)NC2CCCCC2)c2ccccc2)cc1. The molecule has 1 atom stereocenters. The standard InChI is InChI=1S/C22H28N2O3S/c1-17-12-14-20(15-13-17)28(26,27)24-21(18-8-4-2-5-9-18)16-22(25)23-19-10-6-3-7-11-19/h2,4-5,8-9,12-15,19,21,24H,3,6-7,10-11,16H2,1H3,(H,23,25)/t21-/m0/s1. The van der Waals surface area contributed by atoms with Crippen LogP contribution in [0, 0.1) is 6.92 Å². The van der Waals surface area contributed by atoms with Gasteiger partial charge in [-0.1, -0.05) is 67.3 Å². The van der Waals surface area contributed by atoms with Crippen LogP contribution in [-0.4, -0.2) is 20.4 Å². The van der Waals surface area contributed by atoms with Gasteiger partial charge in [0.2, 0.25) is 15.9 Å². The molecule has 0 saturated heterocycles. The van der Waals surface area contributed by atoms with Gasteiger partial charge in [-0.05, 0) is 37.5 Å². The van der Waals surface area contributed by atoms with Crippen LogP contribution in [0.15, 0.2) is 59.5 Å². The molecule has 6 heteroatoms. The van der Waals surface area contributed by atoms with Gasteiger partial charge in [-0.3, -0.25) is 4.79 Å². The number of nitrogens with one attached hydrogen (secondary N) is 2. The molecule has 1 aliphatic rings. The van der Waals surface area contributed by atoms with Crippen LogP contribution in [0.25, 0.3) is 0 Å². The van der Waals surface area contributed by atoms with Gasteiger partial charge in [0.15, 0.2) is 0 Å². The Balaban J connectivity index is 1.75. The molecule has 1 amide bonds. The molecule has 2 aromatic carbocycles. The molecule has 0 bridgehead atoms. The van der Waals surface area contributed by atoms with Gasteiger partial charge in [-0.25, -0.2) is 13.1 Å².